The molecule has 9 nitrogen and oxygen atoms in total. The van der Waals surface area contributed by atoms with Crippen LogP contribution in [0.5, 0.6) is 5.75 Å². The predicted molar refractivity (Wildman–Crippen MR) is 210 cm³/mol. The molecular weight excluding hydrogens is 760 g/mol. The van der Waals surface area contributed by atoms with E-state index in [1.165, 1.54) is 52.8 Å². The molecule has 2 aliphatic rings. The third-order valence-corrected chi connectivity index (χ3v) is 11.9. The Labute approximate surface area is 328 Å². The van der Waals surface area contributed by atoms with Gasteiger partial charge in [0.05, 0.1) is 46.6 Å². The molecule has 0 aromatic heterocycles. The van der Waals surface area contributed by atoms with E-state index in [2.05, 4.69) is 0 Å². The fraction of sp³-hybridized carbons (Fsp3) is 0.186. The van der Waals surface area contributed by atoms with Crippen LogP contribution >= 0.6 is 11.6 Å². The van der Waals surface area contributed by atoms with Gasteiger partial charge >= 0.3 is 5.97 Å². The quantitative estimate of drug-likeness (QED) is 0.124. The average molecular weight is 796 g/mol. The summed E-state index contributed by atoms with van der Waals surface area (Å²) >= 11 is 6.44. The van der Waals surface area contributed by atoms with E-state index >= 15 is 0 Å². The van der Waals surface area contributed by atoms with Crippen molar-refractivity contribution in [3.05, 3.63) is 166 Å². The molecule has 0 radical (unpaired) electrons. The van der Waals surface area contributed by atoms with E-state index < -0.39 is 40.4 Å². The van der Waals surface area contributed by atoms with Crippen molar-refractivity contribution in [2.75, 3.05) is 18.0 Å². The SMILES string of the molecule is COc1ccc(N(Cc2ccccc2)S(=O)(=O)c2ccc(Cl)c(C(=O)OCC(=O)N3N=C4/C(=C\c5ccc(F)cc5)CCCC4C3c3ccc(F)cc3)c2)cc1. The van der Waals surface area contributed by atoms with Gasteiger partial charge in [-0.1, -0.05) is 66.2 Å². The van der Waals surface area contributed by atoms with E-state index in [0.29, 0.717) is 35.6 Å². The first-order valence-corrected chi connectivity index (χ1v) is 19.6. The minimum absolute atomic E-state index is 0.0121. The molecule has 0 spiro atoms. The first-order chi connectivity index (χ1) is 27.0. The zero-order chi connectivity index (χ0) is 39.4. The van der Waals surface area contributed by atoms with Gasteiger partial charge in [0, 0.05) is 5.92 Å². The van der Waals surface area contributed by atoms with Gasteiger partial charge in [0.1, 0.15) is 17.4 Å². The number of fused-ring (bicyclic) bond motifs is 1. The molecule has 0 N–H and O–H groups in total. The van der Waals surface area contributed by atoms with Gasteiger partial charge in [-0.2, -0.15) is 5.10 Å². The molecule has 286 valence electrons. The number of esters is 1. The Balaban J connectivity index is 1.15. The van der Waals surface area contributed by atoms with Gasteiger partial charge in [-0.05, 0) is 114 Å². The van der Waals surface area contributed by atoms with Crippen LogP contribution in [-0.2, 0) is 26.1 Å². The van der Waals surface area contributed by atoms with Gasteiger partial charge in [-0.15, -0.1) is 0 Å². The summed E-state index contributed by atoms with van der Waals surface area (Å²) < 4.78 is 68.1. The van der Waals surface area contributed by atoms with Crippen molar-refractivity contribution in [2.45, 2.75) is 36.7 Å². The zero-order valence-electron chi connectivity index (χ0n) is 30.1. The lowest BCUT2D eigenvalue weighted by Gasteiger charge is -2.29. The smallest absolute Gasteiger partial charge is 0.340 e. The summed E-state index contributed by atoms with van der Waals surface area (Å²) in [5.74, 6) is -2.15. The van der Waals surface area contributed by atoms with Crippen molar-refractivity contribution in [3.8, 4) is 5.75 Å². The Morgan fingerprint density at radius 2 is 1.59 bits per heavy atom. The van der Waals surface area contributed by atoms with E-state index in [-0.39, 0.29) is 33.8 Å². The number of ether oxygens (including phenoxy) is 2. The number of carbonyl (C=O) groups excluding carboxylic acids is 2. The lowest BCUT2D eigenvalue weighted by Crippen LogP contribution is -2.34. The summed E-state index contributed by atoms with van der Waals surface area (Å²) in [7, 11) is -2.78. The Bertz CT molecular complexity index is 2410. The van der Waals surface area contributed by atoms with E-state index in [0.717, 1.165) is 29.2 Å². The Morgan fingerprint density at radius 3 is 2.27 bits per heavy atom. The van der Waals surface area contributed by atoms with Crippen molar-refractivity contribution in [1.82, 2.24) is 5.01 Å². The topological polar surface area (TPSA) is 106 Å². The van der Waals surface area contributed by atoms with Gasteiger partial charge in [0.15, 0.2) is 6.61 Å². The molecule has 1 aliphatic carbocycles. The van der Waals surface area contributed by atoms with E-state index in [4.69, 9.17) is 26.2 Å². The number of hydrogen-bond donors (Lipinski definition) is 0. The fourth-order valence-corrected chi connectivity index (χ4v) is 8.67. The van der Waals surface area contributed by atoms with Crippen LogP contribution in [-0.4, -0.2) is 44.7 Å². The highest BCUT2D eigenvalue weighted by atomic mass is 35.5. The first kappa shape index (κ1) is 38.4. The van der Waals surface area contributed by atoms with Gasteiger partial charge in [0.2, 0.25) is 0 Å². The van der Waals surface area contributed by atoms with Crippen molar-refractivity contribution in [3.63, 3.8) is 0 Å². The maximum absolute atomic E-state index is 14.3. The third kappa shape index (κ3) is 8.22. The molecule has 0 bridgehead atoms. The molecule has 0 saturated heterocycles. The second-order valence-electron chi connectivity index (χ2n) is 13.4. The van der Waals surface area contributed by atoms with Crippen LogP contribution in [0.25, 0.3) is 6.08 Å². The van der Waals surface area contributed by atoms with Crippen LogP contribution in [0, 0.1) is 17.6 Å². The molecule has 5 aromatic carbocycles. The number of allylic oxidation sites excluding steroid dienone is 1. The number of hydrogen-bond acceptors (Lipinski definition) is 7. The summed E-state index contributed by atoms with van der Waals surface area (Å²) in [5, 5.41) is 5.94. The molecule has 7 rings (SSSR count). The number of amides is 1. The van der Waals surface area contributed by atoms with E-state index in [1.807, 2.05) is 12.1 Å². The monoisotopic (exact) mass is 795 g/mol. The molecule has 1 amide bonds. The highest BCUT2D eigenvalue weighted by molar-refractivity contribution is 7.92. The predicted octanol–water partition coefficient (Wildman–Crippen LogP) is 9.00. The Morgan fingerprint density at radius 1 is 0.911 bits per heavy atom. The van der Waals surface area contributed by atoms with Crippen LogP contribution in [0.1, 0.15) is 52.4 Å². The largest absolute Gasteiger partial charge is 0.497 e. The van der Waals surface area contributed by atoms with Crippen LogP contribution in [0.15, 0.2) is 137 Å². The number of halogens is 3. The number of carbonyl (C=O) groups is 2. The first-order valence-electron chi connectivity index (χ1n) is 17.8. The fourth-order valence-electron chi connectivity index (χ4n) is 6.99. The number of benzene rings is 5. The third-order valence-electron chi connectivity index (χ3n) is 9.78. The molecule has 56 heavy (non-hydrogen) atoms. The number of nitrogens with zero attached hydrogens (tertiary/aromatic N) is 3. The van der Waals surface area contributed by atoms with Crippen LogP contribution in [0.3, 0.4) is 0 Å². The second kappa shape index (κ2) is 16.5. The number of rotatable bonds is 11. The summed E-state index contributed by atoms with van der Waals surface area (Å²) in [6.45, 7) is -0.752. The second-order valence-corrected chi connectivity index (χ2v) is 15.6. The standard InChI is InChI=1S/C43H36ClF2N3O6S/c1-54-35-20-18-34(19-21-35)48(26-29-6-3-2-4-7-29)56(52,53)36-22-23-39(44)38(25-36)43(51)55-27-40(50)49-42(30-12-16-33(46)17-13-30)37-9-5-8-31(41(37)47-49)24-28-10-14-32(45)15-11-28/h2-4,6-7,10-25,37,42H,5,8-9,26-27H2,1H3/b31-24-. The normalized spacial score (nSPS) is 17.2. The minimum Gasteiger partial charge on any atom is -0.497 e. The maximum Gasteiger partial charge on any atom is 0.340 e. The number of sulfonamides is 1. The molecule has 5 aromatic rings. The van der Waals surface area contributed by atoms with Crippen LogP contribution < -0.4 is 9.04 Å². The van der Waals surface area contributed by atoms with Crippen molar-refractivity contribution < 1.29 is 36.3 Å². The van der Waals surface area contributed by atoms with E-state index in [9.17, 15) is 26.8 Å². The van der Waals surface area contributed by atoms with Crippen LogP contribution in [0.4, 0.5) is 14.5 Å². The lowest BCUT2D eigenvalue weighted by atomic mass is 9.77. The molecule has 1 heterocycles. The van der Waals surface area contributed by atoms with Gasteiger partial charge in [-0.3, -0.25) is 9.10 Å². The van der Waals surface area contributed by atoms with Gasteiger partial charge in [0.25, 0.3) is 15.9 Å². The molecule has 2 atom stereocenters. The van der Waals surface area contributed by atoms with Crippen molar-refractivity contribution in [1.29, 1.82) is 0 Å². The van der Waals surface area contributed by atoms with Crippen molar-refractivity contribution in [2.24, 2.45) is 11.0 Å². The van der Waals surface area contributed by atoms with Gasteiger partial charge < -0.3 is 9.47 Å². The number of anilines is 1. The zero-order valence-corrected chi connectivity index (χ0v) is 31.7. The molecule has 1 aliphatic heterocycles. The summed E-state index contributed by atoms with van der Waals surface area (Å²) in [5.41, 5.74) is 3.81. The molecule has 2 unspecified atom stereocenters. The summed E-state index contributed by atoms with van der Waals surface area (Å²) in [6.07, 6.45) is 4.09. The van der Waals surface area contributed by atoms with Crippen LogP contribution in [0.2, 0.25) is 5.02 Å². The van der Waals surface area contributed by atoms with E-state index in [1.54, 1.807) is 72.8 Å². The average Bonchev–Trinajstić information content (AvgIpc) is 3.61. The molecular formula is C43H36ClF2N3O6S. The number of hydrazone groups is 1. The van der Waals surface area contributed by atoms with Crippen molar-refractivity contribution >= 4 is 51.0 Å². The molecule has 1 saturated carbocycles. The Hall–Kier alpha value is -5.85. The summed E-state index contributed by atoms with van der Waals surface area (Å²) in [4.78, 5) is 27.3. The maximum atomic E-state index is 14.3. The van der Waals surface area contributed by atoms with Gasteiger partial charge in [-0.25, -0.2) is 27.0 Å². The lowest BCUT2D eigenvalue weighted by molar-refractivity contribution is -0.137. The molecule has 1 fully saturated rings. The minimum atomic E-state index is -4.29. The highest BCUT2D eigenvalue weighted by Gasteiger charge is 2.44. The molecule has 13 heteroatoms. The Kier molecular flexibility index (Phi) is 11.3. The summed E-state index contributed by atoms with van der Waals surface area (Å²) in [6, 6.07) is 30.6. The number of methoxy groups -OCH3 is 1. The highest BCUT2D eigenvalue weighted by Crippen LogP contribution is 2.44.